The average Bonchev–Trinajstić information content (AvgIpc) is 2.55. The van der Waals surface area contributed by atoms with E-state index in [1.807, 2.05) is 4.90 Å². The Kier molecular flexibility index (Phi) is 5.48. The molecule has 0 radical (unpaired) electrons. The number of halogens is 2. The number of rotatable bonds is 5. The largest absolute Gasteiger partial charge is 0.447 e. The first kappa shape index (κ1) is 16.7. The second-order valence-electron chi connectivity index (χ2n) is 5.19. The van der Waals surface area contributed by atoms with Crippen LogP contribution in [0.3, 0.4) is 0 Å². The quantitative estimate of drug-likeness (QED) is 0.779. The van der Waals surface area contributed by atoms with Gasteiger partial charge in [0.1, 0.15) is 5.75 Å². The van der Waals surface area contributed by atoms with Crippen molar-refractivity contribution in [2.75, 3.05) is 24.5 Å². The number of anilines is 1. The lowest BCUT2D eigenvalue weighted by atomic mass is 9.92. The minimum absolute atomic E-state index is 0.0258. The number of ketones is 1. The highest BCUT2D eigenvalue weighted by Crippen LogP contribution is 2.34. The zero-order chi connectivity index (χ0) is 16.8. The van der Waals surface area contributed by atoms with Crippen molar-refractivity contribution in [3.8, 4) is 5.75 Å². The zero-order valence-corrected chi connectivity index (χ0v) is 12.3. The molecule has 23 heavy (non-hydrogen) atoms. The van der Waals surface area contributed by atoms with E-state index in [1.54, 1.807) is 6.07 Å². The molecule has 1 aliphatic rings. The van der Waals surface area contributed by atoms with Crippen molar-refractivity contribution < 1.29 is 18.3 Å². The normalized spacial score (nSPS) is 15.1. The van der Waals surface area contributed by atoms with Crippen LogP contribution in [0.25, 0.3) is 9.69 Å². The van der Waals surface area contributed by atoms with E-state index in [2.05, 4.69) is 14.4 Å². The van der Waals surface area contributed by atoms with Crippen LogP contribution in [0.15, 0.2) is 18.2 Å². The number of carbonyl (C=O) groups is 1. The Morgan fingerprint density at radius 2 is 2.04 bits per heavy atom. The number of ether oxygens (including phenoxy) is 1. The van der Waals surface area contributed by atoms with Gasteiger partial charge in [-0.1, -0.05) is 0 Å². The van der Waals surface area contributed by atoms with Gasteiger partial charge >= 0.3 is 6.61 Å². The third kappa shape index (κ3) is 4.17. The van der Waals surface area contributed by atoms with Gasteiger partial charge in [0.25, 0.3) is 6.54 Å². The lowest BCUT2D eigenvalue weighted by Crippen LogP contribution is -2.36. The maximum absolute atomic E-state index is 12.3. The van der Waals surface area contributed by atoms with Gasteiger partial charge in [0.05, 0.1) is 6.57 Å². The maximum Gasteiger partial charge on any atom is 0.386 e. The van der Waals surface area contributed by atoms with Crippen LogP contribution in [0.1, 0.15) is 12.8 Å². The van der Waals surface area contributed by atoms with Crippen LogP contribution >= 0.6 is 0 Å². The predicted octanol–water partition coefficient (Wildman–Crippen LogP) is 3.54. The highest BCUT2D eigenvalue weighted by molar-refractivity contribution is 5.84. The van der Waals surface area contributed by atoms with Crippen LogP contribution in [-0.2, 0) is 4.79 Å². The summed E-state index contributed by atoms with van der Waals surface area (Å²) in [5.41, 5.74) is 0.780. The highest BCUT2D eigenvalue weighted by Gasteiger charge is 2.26. The van der Waals surface area contributed by atoms with E-state index in [4.69, 9.17) is 13.1 Å². The van der Waals surface area contributed by atoms with Crippen LogP contribution in [0.2, 0.25) is 0 Å². The number of Topliss-reactive ketones (excluding diaryl/α,β-unsaturated/α-hetero) is 1. The van der Waals surface area contributed by atoms with Gasteiger partial charge in [-0.25, -0.2) is 11.4 Å². The zero-order valence-electron chi connectivity index (χ0n) is 12.3. The highest BCUT2D eigenvalue weighted by atomic mass is 19.3. The summed E-state index contributed by atoms with van der Waals surface area (Å²) in [4.78, 5) is 20.1. The first-order valence-corrected chi connectivity index (χ1v) is 7.12. The second-order valence-corrected chi connectivity index (χ2v) is 5.19. The first-order valence-electron chi connectivity index (χ1n) is 7.12. The number of benzene rings is 1. The Bertz CT molecular complexity index is 656. The van der Waals surface area contributed by atoms with Gasteiger partial charge < -0.3 is 14.5 Å². The van der Waals surface area contributed by atoms with E-state index in [0.29, 0.717) is 25.9 Å². The SMILES string of the molecule is [C-]#[N+]CC(=O)C1CCN(c2ccc(OC(F)F)c([N+]#[C-])c2)CC1. The molecule has 0 saturated carbocycles. The number of hydrogen-bond donors (Lipinski definition) is 0. The summed E-state index contributed by atoms with van der Waals surface area (Å²) in [5, 5.41) is 0. The molecule has 1 aliphatic heterocycles. The molecular weight excluding hydrogens is 304 g/mol. The fourth-order valence-electron chi connectivity index (χ4n) is 2.65. The number of piperidine rings is 1. The molecule has 0 atom stereocenters. The fourth-order valence-corrected chi connectivity index (χ4v) is 2.65. The van der Waals surface area contributed by atoms with Crippen LogP contribution < -0.4 is 9.64 Å². The van der Waals surface area contributed by atoms with Gasteiger partial charge in [0.15, 0.2) is 0 Å². The second kappa shape index (κ2) is 7.55. The Morgan fingerprint density at radius 1 is 1.35 bits per heavy atom. The van der Waals surface area contributed by atoms with Gasteiger partial charge in [0.2, 0.25) is 11.5 Å². The topological polar surface area (TPSA) is 38.3 Å². The third-order valence-electron chi connectivity index (χ3n) is 3.83. The molecule has 0 aliphatic carbocycles. The molecule has 0 amide bonds. The molecule has 0 N–H and O–H groups in total. The summed E-state index contributed by atoms with van der Waals surface area (Å²) < 4.78 is 28.9. The fraction of sp³-hybridized carbons (Fsp3) is 0.438. The van der Waals surface area contributed by atoms with E-state index in [9.17, 15) is 13.6 Å². The molecule has 1 aromatic rings. The van der Waals surface area contributed by atoms with Crippen molar-refractivity contribution in [1.82, 2.24) is 0 Å². The van der Waals surface area contributed by atoms with E-state index in [-0.39, 0.29) is 29.7 Å². The Hall–Kier alpha value is -2.67. The molecule has 1 heterocycles. The van der Waals surface area contributed by atoms with Gasteiger partial charge in [0, 0.05) is 24.7 Å². The number of nitrogens with zero attached hydrogens (tertiary/aromatic N) is 3. The van der Waals surface area contributed by atoms with Crippen LogP contribution in [-0.4, -0.2) is 32.0 Å². The molecule has 1 saturated heterocycles. The minimum Gasteiger partial charge on any atom is -0.447 e. The summed E-state index contributed by atoms with van der Waals surface area (Å²) in [5.74, 6) is -0.259. The standard InChI is InChI=1S/C16H15F2N3O2/c1-19-10-14(22)11-5-7-21(8-6-11)12-3-4-15(23-16(17)18)13(9-12)20-2/h3-4,9,11,16H,5-8,10H2. The first-order chi connectivity index (χ1) is 11.0. The Balaban J connectivity index is 2.05. The van der Waals surface area contributed by atoms with Gasteiger partial charge in [-0.05, 0) is 31.0 Å². The Morgan fingerprint density at radius 3 is 2.61 bits per heavy atom. The van der Waals surface area contributed by atoms with Gasteiger partial charge in [-0.15, -0.1) is 0 Å². The monoisotopic (exact) mass is 319 g/mol. The summed E-state index contributed by atoms with van der Waals surface area (Å²) in [7, 11) is 0. The summed E-state index contributed by atoms with van der Waals surface area (Å²) in [6.07, 6.45) is 1.30. The maximum atomic E-state index is 12.3. The Labute approximate surface area is 133 Å². The van der Waals surface area contributed by atoms with Crippen molar-refractivity contribution in [3.05, 3.63) is 41.0 Å². The molecule has 0 spiro atoms. The van der Waals surface area contributed by atoms with E-state index >= 15 is 0 Å². The molecule has 1 aromatic carbocycles. The molecule has 1 fully saturated rings. The molecule has 0 bridgehead atoms. The van der Waals surface area contributed by atoms with E-state index < -0.39 is 6.61 Å². The van der Waals surface area contributed by atoms with E-state index in [1.165, 1.54) is 12.1 Å². The summed E-state index contributed by atoms with van der Waals surface area (Å²) in [6.45, 7) is 12.0. The smallest absolute Gasteiger partial charge is 0.386 e. The summed E-state index contributed by atoms with van der Waals surface area (Å²) >= 11 is 0. The number of carbonyl (C=O) groups excluding carboxylic acids is 1. The summed E-state index contributed by atoms with van der Waals surface area (Å²) in [6, 6.07) is 4.52. The third-order valence-corrected chi connectivity index (χ3v) is 3.83. The molecule has 5 nitrogen and oxygen atoms in total. The number of alkyl halides is 2. The predicted molar refractivity (Wildman–Crippen MR) is 80.7 cm³/mol. The van der Waals surface area contributed by atoms with Crippen LogP contribution in [0.5, 0.6) is 5.75 Å². The minimum atomic E-state index is -2.97. The molecule has 7 heteroatoms. The molecule has 0 aromatic heterocycles. The van der Waals surface area contributed by atoms with Crippen molar-refractivity contribution >= 4 is 17.2 Å². The molecular formula is C16H15F2N3O2. The lowest BCUT2D eigenvalue weighted by molar-refractivity contribution is -0.121. The van der Waals surface area contributed by atoms with Gasteiger partial charge in [-0.2, -0.15) is 8.78 Å². The van der Waals surface area contributed by atoms with Crippen molar-refractivity contribution in [2.45, 2.75) is 19.5 Å². The van der Waals surface area contributed by atoms with Crippen molar-refractivity contribution in [3.63, 3.8) is 0 Å². The van der Waals surface area contributed by atoms with Crippen molar-refractivity contribution in [1.29, 1.82) is 0 Å². The molecule has 2 rings (SSSR count). The van der Waals surface area contributed by atoms with Crippen molar-refractivity contribution in [2.24, 2.45) is 5.92 Å². The van der Waals surface area contributed by atoms with Crippen LogP contribution in [0, 0.1) is 19.1 Å². The number of hydrogen-bond acceptors (Lipinski definition) is 3. The molecule has 0 unspecified atom stereocenters. The lowest BCUT2D eigenvalue weighted by Gasteiger charge is -2.32. The van der Waals surface area contributed by atoms with Gasteiger partial charge in [-0.3, -0.25) is 4.79 Å². The average molecular weight is 319 g/mol. The molecule has 120 valence electrons. The van der Waals surface area contributed by atoms with E-state index in [0.717, 1.165) is 5.69 Å². The van der Waals surface area contributed by atoms with Crippen LogP contribution in [0.4, 0.5) is 20.2 Å².